The summed E-state index contributed by atoms with van der Waals surface area (Å²) in [5.41, 5.74) is 2.00. The molecule has 1 saturated heterocycles. The number of benzene rings is 1. The fourth-order valence-corrected chi connectivity index (χ4v) is 3.23. The third-order valence-corrected chi connectivity index (χ3v) is 4.15. The molecule has 1 unspecified atom stereocenters. The maximum atomic E-state index is 10.5. The first-order chi connectivity index (χ1) is 10.1. The summed E-state index contributed by atoms with van der Waals surface area (Å²) in [5, 5.41) is 8.66. The van der Waals surface area contributed by atoms with Gasteiger partial charge >= 0.3 is 5.97 Å². The van der Waals surface area contributed by atoms with Gasteiger partial charge in [-0.05, 0) is 59.5 Å². The number of aliphatic carboxylic acids is 1. The van der Waals surface area contributed by atoms with Crippen LogP contribution in [0, 0.1) is 0 Å². The van der Waals surface area contributed by atoms with Crippen molar-refractivity contribution < 1.29 is 14.6 Å². The van der Waals surface area contributed by atoms with Crippen molar-refractivity contribution in [2.24, 2.45) is 0 Å². The smallest absolute Gasteiger partial charge is 0.328 e. The van der Waals surface area contributed by atoms with Crippen molar-refractivity contribution in [2.45, 2.75) is 25.9 Å². The molecule has 4 nitrogen and oxygen atoms in total. The number of carboxylic acids is 1. The van der Waals surface area contributed by atoms with Gasteiger partial charge in [-0.2, -0.15) is 0 Å². The summed E-state index contributed by atoms with van der Waals surface area (Å²) in [4.78, 5) is 12.9. The fourth-order valence-electron chi connectivity index (χ4n) is 2.58. The van der Waals surface area contributed by atoms with E-state index in [1.54, 1.807) is 6.08 Å². The maximum absolute atomic E-state index is 10.5. The maximum Gasteiger partial charge on any atom is 0.328 e. The lowest BCUT2D eigenvalue weighted by Crippen LogP contribution is -2.39. The highest BCUT2D eigenvalue weighted by molar-refractivity contribution is 9.10. The second-order valence-corrected chi connectivity index (χ2v) is 5.90. The molecule has 1 fully saturated rings. The van der Waals surface area contributed by atoms with Crippen LogP contribution in [-0.2, 0) is 9.53 Å². The lowest BCUT2D eigenvalue weighted by Gasteiger charge is -2.34. The van der Waals surface area contributed by atoms with E-state index in [4.69, 9.17) is 9.84 Å². The summed E-state index contributed by atoms with van der Waals surface area (Å²) in [7, 11) is 0. The molecule has 0 radical (unpaired) electrons. The lowest BCUT2D eigenvalue weighted by atomic mass is 10.1. The molecule has 1 heterocycles. The third-order valence-electron chi connectivity index (χ3n) is 3.51. The highest BCUT2D eigenvalue weighted by atomic mass is 79.9. The van der Waals surface area contributed by atoms with E-state index in [1.165, 1.54) is 0 Å². The van der Waals surface area contributed by atoms with Gasteiger partial charge in [0.1, 0.15) is 0 Å². The van der Waals surface area contributed by atoms with E-state index in [0.717, 1.165) is 54.3 Å². The number of ether oxygens (including phenoxy) is 1. The van der Waals surface area contributed by atoms with Gasteiger partial charge in [-0.15, -0.1) is 0 Å². The number of nitrogens with zero attached hydrogens (tertiary/aromatic N) is 1. The normalized spacial score (nSPS) is 19.1. The molecule has 2 rings (SSSR count). The quantitative estimate of drug-likeness (QED) is 0.822. The number of carboxylic acid groups (broad SMARTS) is 1. The van der Waals surface area contributed by atoms with Crippen molar-refractivity contribution in [3.8, 4) is 0 Å². The molecule has 1 aromatic rings. The minimum absolute atomic E-state index is 0.294. The highest BCUT2D eigenvalue weighted by Crippen LogP contribution is 2.30. The van der Waals surface area contributed by atoms with Crippen LogP contribution in [0.5, 0.6) is 0 Å². The summed E-state index contributed by atoms with van der Waals surface area (Å²) in [5.74, 6) is -0.939. The molecule has 21 heavy (non-hydrogen) atoms. The zero-order chi connectivity index (χ0) is 15.2. The summed E-state index contributed by atoms with van der Waals surface area (Å²) >= 11 is 3.58. The molecule has 0 spiro atoms. The predicted octanol–water partition coefficient (Wildman–Crippen LogP) is 3.55. The first kappa shape index (κ1) is 16.0. The van der Waals surface area contributed by atoms with Crippen LogP contribution in [0.15, 0.2) is 28.7 Å². The van der Waals surface area contributed by atoms with E-state index in [1.807, 2.05) is 25.1 Å². The molecule has 5 heteroatoms. The monoisotopic (exact) mass is 353 g/mol. The highest BCUT2D eigenvalue weighted by Gasteiger charge is 2.21. The summed E-state index contributed by atoms with van der Waals surface area (Å²) < 4.78 is 6.71. The first-order valence-electron chi connectivity index (χ1n) is 7.17. The minimum Gasteiger partial charge on any atom is -0.478 e. The molecule has 0 aromatic heterocycles. The third kappa shape index (κ3) is 4.58. The fraction of sp³-hybridized carbons (Fsp3) is 0.438. The zero-order valence-electron chi connectivity index (χ0n) is 12.1. The van der Waals surface area contributed by atoms with Gasteiger partial charge in [0.25, 0.3) is 0 Å². The number of piperidine rings is 1. The van der Waals surface area contributed by atoms with Gasteiger partial charge < -0.3 is 14.7 Å². The molecule has 1 aromatic carbocycles. The molecular weight excluding hydrogens is 334 g/mol. The van der Waals surface area contributed by atoms with Gasteiger partial charge in [0.05, 0.1) is 11.8 Å². The molecule has 1 atom stereocenters. The van der Waals surface area contributed by atoms with Crippen LogP contribution in [0.4, 0.5) is 5.69 Å². The molecule has 0 saturated carbocycles. The number of rotatable bonds is 5. The van der Waals surface area contributed by atoms with Crippen LogP contribution in [0.2, 0.25) is 0 Å². The Morgan fingerprint density at radius 3 is 3.05 bits per heavy atom. The van der Waals surface area contributed by atoms with Crippen LogP contribution >= 0.6 is 15.9 Å². The Kier molecular flexibility index (Phi) is 5.82. The lowest BCUT2D eigenvalue weighted by molar-refractivity contribution is -0.131. The van der Waals surface area contributed by atoms with E-state index in [9.17, 15) is 4.79 Å². The van der Waals surface area contributed by atoms with Crippen molar-refractivity contribution in [3.05, 3.63) is 34.3 Å². The van der Waals surface area contributed by atoms with Crippen molar-refractivity contribution in [1.82, 2.24) is 0 Å². The van der Waals surface area contributed by atoms with Crippen LogP contribution in [0.1, 0.15) is 25.3 Å². The Morgan fingerprint density at radius 2 is 2.38 bits per heavy atom. The summed E-state index contributed by atoms with van der Waals surface area (Å²) in [6.07, 6.45) is 5.27. The summed E-state index contributed by atoms with van der Waals surface area (Å²) in [6, 6.07) is 5.91. The van der Waals surface area contributed by atoms with Crippen molar-refractivity contribution in [2.75, 3.05) is 24.6 Å². The average molecular weight is 354 g/mol. The van der Waals surface area contributed by atoms with Crippen molar-refractivity contribution >= 4 is 33.7 Å². The van der Waals surface area contributed by atoms with Crippen LogP contribution < -0.4 is 4.90 Å². The second-order valence-electron chi connectivity index (χ2n) is 5.05. The molecule has 1 N–H and O–H groups in total. The Hall–Kier alpha value is -1.33. The molecule has 1 aliphatic rings. The van der Waals surface area contributed by atoms with Crippen molar-refractivity contribution in [3.63, 3.8) is 0 Å². The molecule has 0 amide bonds. The minimum atomic E-state index is -0.939. The Balaban J connectivity index is 2.11. The molecule has 0 bridgehead atoms. The van der Waals surface area contributed by atoms with Gasteiger partial charge in [-0.1, -0.05) is 6.07 Å². The molecule has 1 aliphatic heterocycles. The first-order valence-corrected chi connectivity index (χ1v) is 7.96. The SMILES string of the molecule is CCOC1CCCN(c2ccc(/C=C/C(=O)O)cc2Br)C1. The Labute approximate surface area is 133 Å². The predicted molar refractivity (Wildman–Crippen MR) is 87.7 cm³/mol. The topological polar surface area (TPSA) is 49.8 Å². The number of halogens is 1. The van der Waals surface area contributed by atoms with E-state index in [0.29, 0.717) is 6.10 Å². The zero-order valence-corrected chi connectivity index (χ0v) is 13.7. The molecular formula is C16H20BrNO3. The van der Waals surface area contributed by atoms with Gasteiger partial charge in [0.2, 0.25) is 0 Å². The number of hydrogen-bond acceptors (Lipinski definition) is 3. The van der Waals surface area contributed by atoms with Gasteiger partial charge in [-0.3, -0.25) is 0 Å². The van der Waals surface area contributed by atoms with Crippen LogP contribution in [-0.4, -0.2) is 36.9 Å². The van der Waals surface area contributed by atoms with E-state index in [-0.39, 0.29) is 0 Å². The van der Waals surface area contributed by atoms with Crippen LogP contribution in [0.3, 0.4) is 0 Å². The Morgan fingerprint density at radius 1 is 1.57 bits per heavy atom. The number of carbonyl (C=O) groups is 1. The number of hydrogen-bond donors (Lipinski definition) is 1. The molecule has 0 aliphatic carbocycles. The summed E-state index contributed by atoms with van der Waals surface area (Å²) in [6.45, 7) is 4.69. The largest absolute Gasteiger partial charge is 0.478 e. The second kappa shape index (κ2) is 7.61. The average Bonchev–Trinajstić information content (AvgIpc) is 2.46. The van der Waals surface area contributed by atoms with E-state index >= 15 is 0 Å². The van der Waals surface area contributed by atoms with Crippen molar-refractivity contribution in [1.29, 1.82) is 0 Å². The Bertz CT molecular complexity index is 528. The standard InChI is InChI=1S/C16H20BrNO3/c1-2-21-13-4-3-9-18(11-13)15-7-5-12(10-14(15)17)6-8-16(19)20/h5-8,10,13H,2-4,9,11H2,1H3,(H,19,20)/b8-6+. The number of anilines is 1. The van der Waals surface area contributed by atoms with Gasteiger partial charge in [-0.25, -0.2) is 4.79 Å². The van der Waals surface area contributed by atoms with E-state index < -0.39 is 5.97 Å². The van der Waals surface area contributed by atoms with Crippen LogP contribution in [0.25, 0.3) is 6.08 Å². The molecule has 114 valence electrons. The van der Waals surface area contributed by atoms with Gasteiger partial charge in [0, 0.05) is 30.2 Å². The van der Waals surface area contributed by atoms with Gasteiger partial charge in [0.15, 0.2) is 0 Å². The van der Waals surface area contributed by atoms with E-state index in [2.05, 4.69) is 20.8 Å².